The van der Waals surface area contributed by atoms with Gasteiger partial charge in [-0.3, -0.25) is 4.40 Å². The van der Waals surface area contributed by atoms with Crippen molar-refractivity contribution in [3.8, 4) is 0 Å². The maximum atomic E-state index is 6.00. The summed E-state index contributed by atoms with van der Waals surface area (Å²) in [5, 5.41) is 1.43. The minimum Gasteiger partial charge on any atom is -0.292 e. The molecule has 3 aromatic rings. The van der Waals surface area contributed by atoms with Crippen molar-refractivity contribution in [3.05, 3.63) is 51.6 Å². The lowest BCUT2D eigenvalue weighted by molar-refractivity contribution is 0.931. The van der Waals surface area contributed by atoms with Gasteiger partial charge < -0.3 is 0 Å². The summed E-state index contributed by atoms with van der Waals surface area (Å²) in [4.78, 5) is 13.2. The summed E-state index contributed by atoms with van der Waals surface area (Å²) >= 11 is 11.1. The first-order valence-electron chi connectivity index (χ1n) is 5.88. The molecule has 0 N–H and O–H groups in total. The average Bonchev–Trinajstić information content (AvgIpc) is 2.73. The highest BCUT2D eigenvalue weighted by Crippen LogP contribution is 2.26. The van der Waals surface area contributed by atoms with E-state index in [0.717, 1.165) is 26.8 Å². The summed E-state index contributed by atoms with van der Waals surface area (Å²) in [5.41, 5.74) is 2.77. The van der Waals surface area contributed by atoms with Crippen molar-refractivity contribution in [2.75, 3.05) is 0 Å². The Morgan fingerprint density at radius 2 is 2.15 bits per heavy atom. The molecule has 3 aromatic heterocycles. The summed E-state index contributed by atoms with van der Waals surface area (Å²) in [6.07, 6.45) is 3.61. The van der Waals surface area contributed by atoms with Crippen molar-refractivity contribution < 1.29 is 0 Å². The molecule has 20 heavy (non-hydrogen) atoms. The molecule has 0 saturated carbocycles. The van der Waals surface area contributed by atoms with E-state index in [4.69, 9.17) is 11.6 Å². The normalized spacial score (nSPS) is 11.2. The molecule has 3 rings (SSSR count). The third-order valence-corrected chi connectivity index (χ3v) is 4.64. The summed E-state index contributed by atoms with van der Waals surface area (Å²) < 4.78 is 2.84. The van der Waals surface area contributed by atoms with Crippen LogP contribution in [0.3, 0.4) is 0 Å². The van der Waals surface area contributed by atoms with Crippen LogP contribution in [0.4, 0.5) is 0 Å². The van der Waals surface area contributed by atoms with E-state index in [1.807, 2.05) is 35.7 Å². The minimum atomic E-state index is 0.678. The highest BCUT2D eigenvalue weighted by atomic mass is 79.9. The van der Waals surface area contributed by atoms with Crippen LogP contribution in [-0.4, -0.2) is 19.4 Å². The van der Waals surface area contributed by atoms with Crippen molar-refractivity contribution in [3.63, 3.8) is 0 Å². The fourth-order valence-electron chi connectivity index (χ4n) is 1.76. The highest BCUT2D eigenvalue weighted by Gasteiger charge is 2.11. The molecule has 0 saturated heterocycles. The van der Waals surface area contributed by atoms with Gasteiger partial charge in [0.05, 0.1) is 10.7 Å². The van der Waals surface area contributed by atoms with Gasteiger partial charge in [-0.05, 0) is 41.1 Å². The molecule has 0 atom stereocenters. The number of imidazole rings is 1. The zero-order valence-electron chi connectivity index (χ0n) is 10.5. The molecular formula is C13H10BrClN4S. The molecule has 0 aromatic carbocycles. The number of hydrogen-bond acceptors (Lipinski definition) is 4. The minimum absolute atomic E-state index is 0.678. The van der Waals surface area contributed by atoms with Gasteiger partial charge in [0, 0.05) is 23.8 Å². The van der Waals surface area contributed by atoms with Gasteiger partial charge in [-0.2, -0.15) is 0 Å². The topological polar surface area (TPSA) is 43.1 Å². The Hall–Kier alpha value is -1.11. The Morgan fingerprint density at radius 3 is 2.95 bits per heavy atom. The molecule has 0 aliphatic carbocycles. The van der Waals surface area contributed by atoms with Gasteiger partial charge in [-0.1, -0.05) is 23.4 Å². The van der Waals surface area contributed by atoms with E-state index in [9.17, 15) is 0 Å². The fraction of sp³-hybridized carbons (Fsp3) is 0.154. The van der Waals surface area contributed by atoms with Crippen LogP contribution in [0.15, 0.2) is 40.4 Å². The predicted molar refractivity (Wildman–Crippen MR) is 84.2 cm³/mol. The van der Waals surface area contributed by atoms with Crippen LogP contribution in [0.1, 0.15) is 11.4 Å². The Bertz CT molecular complexity index is 774. The number of halogens is 2. The number of thioether (sulfide) groups is 1. The van der Waals surface area contributed by atoms with Crippen LogP contribution in [-0.2, 0) is 5.75 Å². The molecule has 7 heteroatoms. The molecule has 0 fully saturated rings. The van der Waals surface area contributed by atoms with Crippen LogP contribution in [0.25, 0.3) is 5.65 Å². The Kier molecular flexibility index (Phi) is 3.96. The SMILES string of the molecule is Cc1ccnc(SCc2nc3ccc(Cl)cn3c2Br)n1. The monoisotopic (exact) mass is 368 g/mol. The number of rotatable bonds is 3. The Balaban J connectivity index is 1.86. The fourth-order valence-corrected chi connectivity index (χ4v) is 3.43. The van der Waals surface area contributed by atoms with Crippen molar-refractivity contribution in [2.45, 2.75) is 17.8 Å². The van der Waals surface area contributed by atoms with Crippen LogP contribution >= 0.6 is 39.3 Å². The summed E-state index contributed by atoms with van der Waals surface area (Å²) in [7, 11) is 0. The Morgan fingerprint density at radius 1 is 1.30 bits per heavy atom. The zero-order valence-corrected chi connectivity index (χ0v) is 13.7. The molecule has 102 valence electrons. The summed E-state index contributed by atoms with van der Waals surface area (Å²) in [5.74, 6) is 0.698. The van der Waals surface area contributed by atoms with Crippen molar-refractivity contribution >= 4 is 44.9 Å². The van der Waals surface area contributed by atoms with E-state index < -0.39 is 0 Å². The van der Waals surface area contributed by atoms with Crippen LogP contribution in [0.5, 0.6) is 0 Å². The molecule has 3 heterocycles. The third kappa shape index (κ3) is 2.82. The number of aryl methyl sites for hydroxylation is 1. The quantitative estimate of drug-likeness (QED) is 0.514. The van der Waals surface area contributed by atoms with E-state index in [1.54, 1.807) is 18.0 Å². The maximum Gasteiger partial charge on any atom is 0.188 e. The Labute approximate surface area is 133 Å². The standard InChI is InChI=1S/C13H10BrClN4S/c1-8-4-5-16-13(17-8)20-7-10-12(14)19-6-9(15)2-3-11(19)18-10/h2-6H,7H2,1H3. The number of aromatic nitrogens is 4. The van der Waals surface area contributed by atoms with Crippen molar-refractivity contribution in [2.24, 2.45) is 0 Å². The number of hydrogen-bond donors (Lipinski definition) is 0. The van der Waals surface area contributed by atoms with Gasteiger partial charge >= 0.3 is 0 Å². The van der Waals surface area contributed by atoms with E-state index in [2.05, 4.69) is 30.9 Å². The highest BCUT2D eigenvalue weighted by molar-refractivity contribution is 9.10. The molecule has 0 aliphatic rings. The van der Waals surface area contributed by atoms with Crippen LogP contribution in [0.2, 0.25) is 5.02 Å². The summed E-state index contributed by atoms with van der Waals surface area (Å²) in [6.45, 7) is 1.95. The van der Waals surface area contributed by atoms with Gasteiger partial charge in [-0.25, -0.2) is 15.0 Å². The second-order valence-corrected chi connectivity index (χ2v) is 6.32. The molecule has 0 aliphatic heterocycles. The first-order valence-corrected chi connectivity index (χ1v) is 8.03. The molecule has 0 amide bonds. The average molecular weight is 370 g/mol. The first-order chi connectivity index (χ1) is 9.63. The molecule has 0 unspecified atom stereocenters. The van der Waals surface area contributed by atoms with Crippen molar-refractivity contribution in [1.82, 2.24) is 19.4 Å². The molecule has 4 nitrogen and oxygen atoms in total. The first kappa shape index (κ1) is 13.9. The number of fused-ring (bicyclic) bond motifs is 1. The zero-order chi connectivity index (χ0) is 14.1. The van der Waals surface area contributed by atoms with E-state index in [-0.39, 0.29) is 0 Å². The lowest BCUT2D eigenvalue weighted by Crippen LogP contribution is -1.90. The molecule has 0 radical (unpaired) electrons. The number of nitrogens with zero attached hydrogens (tertiary/aromatic N) is 4. The maximum absolute atomic E-state index is 6.00. The van der Waals surface area contributed by atoms with Gasteiger partial charge in [0.1, 0.15) is 10.3 Å². The molecule has 0 spiro atoms. The van der Waals surface area contributed by atoms with Gasteiger partial charge in [0.25, 0.3) is 0 Å². The van der Waals surface area contributed by atoms with Crippen LogP contribution < -0.4 is 0 Å². The predicted octanol–water partition coefficient (Wildman–Crippen LogP) is 4.14. The largest absolute Gasteiger partial charge is 0.292 e. The van der Waals surface area contributed by atoms with Crippen LogP contribution in [0, 0.1) is 6.92 Å². The molecular weight excluding hydrogens is 360 g/mol. The van der Waals surface area contributed by atoms with Gasteiger partial charge in [-0.15, -0.1) is 0 Å². The second-order valence-electron chi connectivity index (χ2n) is 4.19. The lowest BCUT2D eigenvalue weighted by Gasteiger charge is -1.99. The third-order valence-electron chi connectivity index (χ3n) is 2.70. The second kappa shape index (κ2) is 5.71. The van der Waals surface area contributed by atoms with E-state index >= 15 is 0 Å². The molecule has 0 bridgehead atoms. The van der Waals surface area contributed by atoms with Crippen molar-refractivity contribution in [1.29, 1.82) is 0 Å². The lowest BCUT2D eigenvalue weighted by atomic mass is 10.5. The van der Waals surface area contributed by atoms with E-state index in [0.29, 0.717) is 10.8 Å². The number of pyridine rings is 1. The van der Waals surface area contributed by atoms with E-state index in [1.165, 1.54) is 0 Å². The van der Waals surface area contributed by atoms with Gasteiger partial charge in [0.15, 0.2) is 5.16 Å². The summed E-state index contributed by atoms with van der Waals surface area (Å²) in [6, 6.07) is 5.61. The smallest absolute Gasteiger partial charge is 0.188 e. The van der Waals surface area contributed by atoms with Gasteiger partial charge in [0.2, 0.25) is 0 Å².